The number of hydrogen-bond donors (Lipinski definition) is 1. The Bertz CT molecular complexity index is 413. The molecule has 0 aromatic heterocycles. The molecule has 1 atom stereocenters. The van der Waals surface area contributed by atoms with E-state index in [1.807, 2.05) is 6.07 Å². The maximum Gasteiger partial charge on any atom is 0.123 e. The van der Waals surface area contributed by atoms with E-state index in [1.165, 1.54) is 30.4 Å². The maximum atomic E-state index is 13.6. The van der Waals surface area contributed by atoms with Crippen LogP contribution in [0.2, 0.25) is 0 Å². The lowest BCUT2D eigenvalue weighted by atomic mass is 9.94. The van der Waals surface area contributed by atoms with Gasteiger partial charge in [-0.3, -0.25) is 4.90 Å². The number of rotatable bonds is 6. The van der Waals surface area contributed by atoms with Crippen molar-refractivity contribution in [2.24, 2.45) is 0 Å². The van der Waals surface area contributed by atoms with E-state index in [0.29, 0.717) is 6.04 Å². The molecule has 2 rings (SSSR count). The standard InChI is InChI=1S/C17H27FN2/c1-3-4-5-6-17(20-11-9-19-10-12-20)16-13-15(18)8-7-14(16)2/h7-8,13,17,19H,3-6,9-12H2,1-2H3/t17-/m1/s1. The molecule has 112 valence electrons. The average Bonchev–Trinajstić information content (AvgIpc) is 2.48. The summed E-state index contributed by atoms with van der Waals surface area (Å²) in [5.41, 5.74) is 2.40. The molecule has 0 amide bonds. The molecular formula is C17H27FN2. The van der Waals surface area contributed by atoms with E-state index in [-0.39, 0.29) is 5.82 Å². The SMILES string of the molecule is CCCCC[C@H](c1cc(F)ccc1C)N1CCNCC1. The molecule has 1 saturated heterocycles. The molecular weight excluding hydrogens is 251 g/mol. The fourth-order valence-corrected chi connectivity index (χ4v) is 3.09. The van der Waals surface area contributed by atoms with Crippen molar-refractivity contribution >= 4 is 0 Å². The summed E-state index contributed by atoms with van der Waals surface area (Å²) in [7, 11) is 0. The zero-order valence-corrected chi connectivity index (χ0v) is 12.8. The van der Waals surface area contributed by atoms with Crippen LogP contribution in [0.15, 0.2) is 18.2 Å². The van der Waals surface area contributed by atoms with Gasteiger partial charge in [0.05, 0.1) is 0 Å². The highest BCUT2D eigenvalue weighted by Gasteiger charge is 2.23. The first kappa shape index (κ1) is 15.5. The predicted molar refractivity (Wildman–Crippen MR) is 82.5 cm³/mol. The Balaban J connectivity index is 2.17. The third-order valence-electron chi connectivity index (χ3n) is 4.27. The molecule has 1 fully saturated rings. The summed E-state index contributed by atoms with van der Waals surface area (Å²) in [4.78, 5) is 2.52. The van der Waals surface area contributed by atoms with Gasteiger partial charge in [0.2, 0.25) is 0 Å². The Morgan fingerprint density at radius 2 is 2.00 bits per heavy atom. The van der Waals surface area contributed by atoms with Crippen molar-refractivity contribution < 1.29 is 4.39 Å². The number of nitrogens with one attached hydrogen (secondary N) is 1. The van der Waals surface area contributed by atoms with Crippen LogP contribution in [0, 0.1) is 12.7 Å². The first-order valence-electron chi connectivity index (χ1n) is 7.93. The number of hydrogen-bond acceptors (Lipinski definition) is 2. The lowest BCUT2D eigenvalue weighted by Crippen LogP contribution is -2.45. The molecule has 1 N–H and O–H groups in total. The van der Waals surface area contributed by atoms with E-state index in [1.54, 1.807) is 12.1 Å². The van der Waals surface area contributed by atoms with Gasteiger partial charge in [-0.15, -0.1) is 0 Å². The summed E-state index contributed by atoms with van der Waals surface area (Å²) >= 11 is 0. The molecule has 0 bridgehead atoms. The van der Waals surface area contributed by atoms with Gasteiger partial charge < -0.3 is 5.32 Å². The second kappa shape index (κ2) is 7.75. The topological polar surface area (TPSA) is 15.3 Å². The quantitative estimate of drug-likeness (QED) is 0.799. The number of unbranched alkanes of at least 4 members (excludes halogenated alkanes) is 2. The van der Waals surface area contributed by atoms with E-state index < -0.39 is 0 Å². The van der Waals surface area contributed by atoms with Crippen molar-refractivity contribution in [1.82, 2.24) is 10.2 Å². The summed E-state index contributed by atoms with van der Waals surface area (Å²) in [5.74, 6) is -0.110. The minimum absolute atomic E-state index is 0.110. The highest BCUT2D eigenvalue weighted by molar-refractivity contribution is 5.29. The third kappa shape index (κ3) is 4.03. The van der Waals surface area contributed by atoms with Crippen molar-refractivity contribution in [3.05, 3.63) is 35.1 Å². The summed E-state index contributed by atoms with van der Waals surface area (Å²) in [6, 6.07) is 5.60. The fraction of sp³-hybridized carbons (Fsp3) is 0.647. The van der Waals surface area contributed by atoms with Gasteiger partial charge in [0.1, 0.15) is 5.82 Å². The van der Waals surface area contributed by atoms with E-state index in [9.17, 15) is 4.39 Å². The molecule has 20 heavy (non-hydrogen) atoms. The molecule has 0 radical (unpaired) electrons. The molecule has 2 nitrogen and oxygen atoms in total. The molecule has 1 heterocycles. The Morgan fingerprint density at radius 1 is 1.25 bits per heavy atom. The van der Waals surface area contributed by atoms with Crippen molar-refractivity contribution in [2.75, 3.05) is 26.2 Å². The van der Waals surface area contributed by atoms with Gasteiger partial charge in [0, 0.05) is 32.2 Å². The van der Waals surface area contributed by atoms with Crippen molar-refractivity contribution in [2.45, 2.75) is 45.6 Å². The monoisotopic (exact) mass is 278 g/mol. The molecule has 0 unspecified atom stereocenters. The van der Waals surface area contributed by atoms with Gasteiger partial charge in [-0.1, -0.05) is 32.3 Å². The van der Waals surface area contributed by atoms with E-state index in [2.05, 4.69) is 24.1 Å². The minimum atomic E-state index is -0.110. The van der Waals surface area contributed by atoms with Gasteiger partial charge >= 0.3 is 0 Å². The number of nitrogens with zero attached hydrogens (tertiary/aromatic N) is 1. The Morgan fingerprint density at radius 3 is 2.70 bits per heavy atom. The summed E-state index contributed by atoms with van der Waals surface area (Å²) < 4.78 is 13.6. The molecule has 1 aliphatic rings. The molecule has 1 aromatic carbocycles. The van der Waals surface area contributed by atoms with Gasteiger partial charge in [0.15, 0.2) is 0 Å². The van der Waals surface area contributed by atoms with Crippen LogP contribution >= 0.6 is 0 Å². The largest absolute Gasteiger partial charge is 0.314 e. The summed E-state index contributed by atoms with van der Waals surface area (Å²) in [5, 5.41) is 3.40. The fourth-order valence-electron chi connectivity index (χ4n) is 3.09. The predicted octanol–water partition coefficient (Wildman–Crippen LogP) is 3.66. The van der Waals surface area contributed by atoms with Crippen LogP contribution < -0.4 is 5.32 Å². The minimum Gasteiger partial charge on any atom is -0.314 e. The van der Waals surface area contributed by atoms with Crippen molar-refractivity contribution in [1.29, 1.82) is 0 Å². The second-order valence-electron chi connectivity index (χ2n) is 5.80. The highest BCUT2D eigenvalue weighted by atomic mass is 19.1. The molecule has 0 saturated carbocycles. The highest BCUT2D eigenvalue weighted by Crippen LogP contribution is 2.30. The van der Waals surface area contributed by atoms with Crippen molar-refractivity contribution in [3.8, 4) is 0 Å². The van der Waals surface area contributed by atoms with Crippen LogP contribution in [0.25, 0.3) is 0 Å². The molecule has 0 spiro atoms. The molecule has 0 aliphatic carbocycles. The van der Waals surface area contributed by atoms with Crippen LogP contribution in [0.3, 0.4) is 0 Å². The van der Waals surface area contributed by atoms with E-state index >= 15 is 0 Å². The smallest absolute Gasteiger partial charge is 0.123 e. The van der Waals surface area contributed by atoms with Gasteiger partial charge in [-0.05, 0) is 36.6 Å². The molecule has 1 aliphatic heterocycles. The maximum absolute atomic E-state index is 13.6. The lowest BCUT2D eigenvalue weighted by molar-refractivity contribution is 0.162. The second-order valence-corrected chi connectivity index (χ2v) is 5.80. The van der Waals surface area contributed by atoms with Gasteiger partial charge in [-0.2, -0.15) is 0 Å². The zero-order chi connectivity index (χ0) is 14.4. The Kier molecular flexibility index (Phi) is 5.99. The number of aryl methyl sites for hydroxylation is 1. The van der Waals surface area contributed by atoms with E-state index in [4.69, 9.17) is 0 Å². The van der Waals surface area contributed by atoms with Gasteiger partial charge in [-0.25, -0.2) is 4.39 Å². The third-order valence-corrected chi connectivity index (χ3v) is 4.27. The normalized spacial score (nSPS) is 18.1. The molecule has 3 heteroatoms. The van der Waals surface area contributed by atoms with E-state index in [0.717, 1.165) is 32.6 Å². The number of halogens is 1. The average molecular weight is 278 g/mol. The zero-order valence-electron chi connectivity index (χ0n) is 12.8. The van der Waals surface area contributed by atoms with Crippen LogP contribution in [-0.2, 0) is 0 Å². The van der Waals surface area contributed by atoms with Gasteiger partial charge in [0.25, 0.3) is 0 Å². The molecule has 1 aromatic rings. The first-order valence-corrected chi connectivity index (χ1v) is 7.93. The van der Waals surface area contributed by atoms with Crippen molar-refractivity contribution in [3.63, 3.8) is 0 Å². The summed E-state index contributed by atoms with van der Waals surface area (Å²) in [6.45, 7) is 8.54. The number of benzene rings is 1. The van der Waals surface area contributed by atoms with Crippen LogP contribution in [0.4, 0.5) is 4.39 Å². The Hall–Kier alpha value is -0.930. The number of piperazine rings is 1. The van der Waals surface area contributed by atoms with Crippen LogP contribution in [0.1, 0.15) is 49.8 Å². The lowest BCUT2D eigenvalue weighted by Gasteiger charge is -2.36. The summed E-state index contributed by atoms with van der Waals surface area (Å²) in [6.07, 6.45) is 4.85. The van der Waals surface area contributed by atoms with Crippen LogP contribution in [-0.4, -0.2) is 31.1 Å². The van der Waals surface area contributed by atoms with Crippen LogP contribution in [0.5, 0.6) is 0 Å². The first-order chi connectivity index (χ1) is 9.72. The Labute approximate surface area is 122 Å².